The molecule has 1 aromatic heterocycles. The van der Waals surface area contributed by atoms with E-state index < -0.39 is 5.41 Å². The molecular formula is C21H25ClN2O2. The van der Waals surface area contributed by atoms with E-state index in [-0.39, 0.29) is 24.4 Å². The molecule has 138 valence electrons. The second kappa shape index (κ2) is 6.14. The third-order valence-corrected chi connectivity index (χ3v) is 6.55. The van der Waals surface area contributed by atoms with Crippen molar-refractivity contribution in [3.8, 4) is 0 Å². The van der Waals surface area contributed by atoms with Crippen LogP contribution in [0.4, 0.5) is 0 Å². The Bertz CT molecular complexity index is 903. The highest BCUT2D eigenvalue weighted by molar-refractivity contribution is 5.92. The molecule has 4 nitrogen and oxygen atoms in total. The van der Waals surface area contributed by atoms with E-state index in [1.165, 1.54) is 23.6 Å². The van der Waals surface area contributed by atoms with Gasteiger partial charge in [-0.1, -0.05) is 36.8 Å². The number of carbonyl (C=O) groups excluding carboxylic acids is 1. The van der Waals surface area contributed by atoms with Crippen molar-refractivity contribution in [1.82, 2.24) is 9.88 Å². The van der Waals surface area contributed by atoms with Gasteiger partial charge in [-0.05, 0) is 36.8 Å². The summed E-state index contributed by atoms with van der Waals surface area (Å²) < 4.78 is 5.41. The van der Waals surface area contributed by atoms with Gasteiger partial charge in [0.1, 0.15) is 5.41 Å². The number of ether oxygens (including phenoxy) is 1. The summed E-state index contributed by atoms with van der Waals surface area (Å²) in [5.41, 5.74) is 4.36. The van der Waals surface area contributed by atoms with E-state index in [9.17, 15) is 4.79 Å². The first kappa shape index (κ1) is 17.6. The molecule has 0 saturated carbocycles. The Balaban J connectivity index is 0.00000168. The van der Waals surface area contributed by atoms with E-state index in [1.54, 1.807) is 0 Å². The summed E-state index contributed by atoms with van der Waals surface area (Å²) in [5.74, 6) is 0.345. The Labute approximate surface area is 160 Å². The summed E-state index contributed by atoms with van der Waals surface area (Å²) in [7, 11) is 1.53. The van der Waals surface area contributed by atoms with Crippen molar-refractivity contribution in [3.05, 3.63) is 47.2 Å². The number of aromatic amines is 1. The van der Waals surface area contributed by atoms with Crippen molar-refractivity contribution < 1.29 is 9.53 Å². The molecule has 3 aliphatic heterocycles. The van der Waals surface area contributed by atoms with Crippen LogP contribution in [0.15, 0.2) is 35.9 Å². The van der Waals surface area contributed by atoms with Crippen molar-refractivity contribution in [2.45, 2.75) is 37.6 Å². The van der Waals surface area contributed by atoms with Crippen LogP contribution < -0.4 is 0 Å². The molecule has 0 spiro atoms. The molecule has 4 atom stereocenters. The summed E-state index contributed by atoms with van der Waals surface area (Å²) in [6.45, 7) is 4.28. The number of H-pyrrole nitrogens is 1. The van der Waals surface area contributed by atoms with E-state index in [0.717, 1.165) is 43.6 Å². The number of piperidine rings is 1. The number of nitrogens with zero attached hydrogens (tertiary/aromatic N) is 1. The van der Waals surface area contributed by atoms with Crippen LogP contribution in [0.1, 0.15) is 31.0 Å². The molecule has 1 N–H and O–H groups in total. The van der Waals surface area contributed by atoms with E-state index in [2.05, 4.69) is 47.1 Å². The minimum Gasteiger partial charge on any atom is -0.468 e. The average Bonchev–Trinajstić information content (AvgIpc) is 3.00. The number of carbonyl (C=O) groups is 1. The Morgan fingerprint density at radius 2 is 2.19 bits per heavy atom. The number of esters is 1. The van der Waals surface area contributed by atoms with Crippen molar-refractivity contribution in [2.75, 3.05) is 20.2 Å². The van der Waals surface area contributed by atoms with Gasteiger partial charge in [0.25, 0.3) is 0 Å². The first-order valence-corrected chi connectivity index (χ1v) is 9.32. The number of aromatic nitrogens is 1. The van der Waals surface area contributed by atoms with Gasteiger partial charge in [0.2, 0.25) is 0 Å². The van der Waals surface area contributed by atoms with Gasteiger partial charge in [-0.25, -0.2) is 0 Å². The van der Waals surface area contributed by atoms with Gasteiger partial charge in [-0.2, -0.15) is 0 Å². The maximum atomic E-state index is 13.2. The fraction of sp³-hybridized carbons (Fsp3) is 0.476. The monoisotopic (exact) mass is 372 g/mol. The zero-order valence-corrected chi connectivity index (χ0v) is 16.1. The third kappa shape index (κ3) is 2.09. The number of para-hydroxylation sites is 1. The molecule has 1 aromatic carbocycles. The van der Waals surface area contributed by atoms with Gasteiger partial charge in [0, 0.05) is 29.7 Å². The van der Waals surface area contributed by atoms with Gasteiger partial charge in [-0.3, -0.25) is 9.69 Å². The number of halogens is 1. The molecule has 1 saturated heterocycles. The largest absolute Gasteiger partial charge is 0.468 e. The lowest BCUT2D eigenvalue weighted by Gasteiger charge is -2.53. The highest BCUT2D eigenvalue weighted by Crippen LogP contribution is 2.52. The van der Waals surface area contributed by atoms with Crippen molar-refractivity contribution >= 4 is 29.3 Å². The Kier molecular flexibility index (Phi) is 4.16. The minimum atomic E-state index is -0.595. The van der Waals surface area contributed by atoms with E-state index in [4.69, 9.17) is 4.74 Å². The van der Waals surface area contributed by atoms with E-state index >= 15 is 0 Å². The lowest BCUT2D eigenvalue weighted by molar-refractivity contribution is -0.153. The normalized spacial score (nSPS) is 31.6. The van der Waals surface area contributed by atoms with Gasteiger partial charge in [0.15, 0.2) is 0 Å². The number of benzene rings is 1. The molecule has 0 amide bonds. The maximum Gasteiger partial charge on any atom is 0.319 e. The zero-order chi connectivity index (χ0) is 17.2. The molecule has 6 rings (SSSR count). The molecule has 4 heterocycles. The highest BCUT2D eigenvalue weighted by atomic mass is 35.5. The van der Waals surface area contributed by atoms with Crippen molar-refractivity contribution in [2.24, 2.45) is 5.92 Å². The van der Waals surface area contributed by atoms with Crippen molar-refractivity contribution in [3.63, 3.8) is 0 Å². The average molecular weight is 373 g/mol. The van der Waals surface area contributed by atoms with Gasteiger partial charge >= 0.3 is 5.97 Å². The highest BCUT2D eigenvalue weighted by Gasteiger charge is 2.60. The number of hydrogen-bond acceptors (Lipinski definition) is 3. The fourth-order valence-corrected chi connectivity index (χ4v) is 5.71. The Morgan fingerprint density at radius 1 is 1.38 bits per heavy atom. The number of methoxy groups -OCH3 is 1. The van der Waals surface area contributed by atoms with Crippen LogP contribution in [0.2, 0.25) is 0 Å². The smallest absolute Gasteiger partial charge is 0.319 e. The van der Waals surface area contributed by atoms with Crippen LogP contribution in [-0.4, -0.2) is 42.1 Å². The molecular weight excluding hydrogens is 348 g/mol. The molecule has 2 aromatic rings. The summed E-state index contributed by atoms with van der Waals surface area (Å²) >= 11 is 0. The van der Waals surface area contributed by atoms with Crippen LogP contribution in [0.3, 0.4) is 0 Å². The van der Waals surface area contributed by atoms with Crippen LogP contribution in [-0.2, 0) is 21.4 Å². The number of hydrogen-bond donors (Lipinski definition) is 1. The Hall–Kier alpha value is -1.78. The number of rotatable bonds is 2. The topological polar surface area (TPSA) is 45.3 Å². The zero-order valence-electron chi connectivity index (χ0n) is 15.2. The minimum absolute atomic E-state index is 0. The number of fused-ring (bicyclic) bond motifs is 3. The summed E-state index contributed by atoms with van der Waals surface area (Å²) in [5, 5.41) is 1.26. The summed E-state index contributed by atoms with van der Waals surface area (Å²) in [6, 6.07) is 8.56. The van der Waals surface area contributed by atoms with E-state index in [1.807, 2.05) is 0 Å². The SMILES string of the molecule is CCC1=C[C@H]2CN3CCc4c([nH]c5ccccc45)[C@](C(=O)OC)(C2)[C@H]13.Cl. The fourth-order valence-electron chi connectivity index (χ4n) is 5.71. The van der Waals surface area contributed by atoms with Crippen LogP contribution >= 0.6 is 12.4 Å². The molecule has 1 fully saturated rings. The molecule has 1 aliphatic carbocycles. The van der Waals surface area contributed by atoms with Crippen LogP contribution in [0.5, 0.6) is 0 Å². The van der Waals surface area contributed by atoms with Gasteiger partial charge < -0.3 is 9.72 Å². The first-order valence-electron chi connectivity index (χ1n) is 9.32. The lowest BCUT2D eigenvalue weighted by Crippen LogP contribution is -2.63. The molecule has 26 heavy (non-hydrogen) atoms. The molecule has 4 aliphatic rings. The second-order valence-electron chi connectivity index (χ2n) is 7.69. The molecule has 5 heteroatoms. The Morgan fingerprint density at radius 3 is 2.96 bits per heavy atom. The van der Waals surface area contributed by atoms with Crippen LogP contribution in [0, 0.1) is 5.92 Å². The van der Waals surface area contributed by atoms with E-state index in [0.29, 0.717) is 5.92 Å². The van der Waals surface area contributed by atoms with Gasteiger partial charge in [0.05, 0.1) is 13.2 Å². The third-order valence-electron chi connectivity index (χ3n) is 6.55. The quantitative estimate of drug-likeness (QED) is 0.647. The van der Waals surface area contributed by atoms with Crippen LogP contribution in [0.25, 0.3) is 10.9 Å². The molecule has 1 unspecified atom stereocenters. The first-order chi connectivity index (χ1) is 12.2. The molecule has 0 radical (unpaired) electrons. The maximum absolute atomic E-state index is 13.2. The second-order valence-corrected chi connectivity index (χ2v) is 7.69. The molecule has 4 bridgehead atoms. The van der Waals surface area contributed by atoms with Gasteiger partial charge in [-0.15, -0.1) is 12.4 Å². The lowest BCUT2D eigenvalue weighted by atomic mass is 9.60. The predicted octanol–water partition coefficient (Wildman–Crippen LogP) is 3.60. The summed E-state index contributed by atoms with van der Waals surface area (Å²) in [6.07, 6.45) is 5.25. The number of nitrogens with one attached hydrogen (secondary N) is 1. The predicted molar refractivity (Wildman–Crippen MR) is 105 cm³/mol. The standard InChI is InChI=1S/C21H24N2O2.ClH/c1-3-14-10-13-11-21(20(24)25-2)18-16(8-9-23(12-13)19(14)21)15-6-4-5-7-17(15)22-18;/h4-7,10,13,19,22H,3,8-9,11-12H2,1-2H3;1H/t13-,19+,21-;/m1./s1. The van der Waals surface area contributed by atoms with Crippen molar-refractivity contribution in [1.29, 1.82) is 0 Å². The summed E-state index contributed by atoms with van der Waals surface area (Å²) in [4.78, 5) is 19.4.